The van der Waals surface area contributed by atoms with E-state index in [1.807, 2.05) is 36.0 Å². The summed E-state index contributed by atoms with van der Waals surface area (Å²) in [6, 6.07) is 13.7. The lowest BCUT2D eigenvalue weighted by Gasteiger charge is -2.19. The predicted molar refractivity (Wildman–Crippen MR) is 115 cm³/mol. The van der Waals surface area contributed by atoms with Gasteiger partial charge in [0, 0.05) is 17.0 Å². The van der Waals surface area contributed by atoms with Crippen LogP contribution < -0.4 is 15.0 Å². The number of benzene rings is 1. The maximum Gasteiger partial charge on any atom is 0.239 e. The first-order valence-corrected chi connectivity index (χ1v) is 10.1. The fourth-order valence-electron chi connectivity index (χ4n) is 2.68. The minimum Gasteiger partial charge on any atom is -0.867 e. The van der Waals surface area contributed by atoms with Crippen LogP contribution in [0.3, 0.4) is 0 Å². The highest BCUT2D eigenvalue weighted by Gasteiger charge is 2.22. The Morgan fingerprint density at radius 2 is 1.75 bits per heavy atom. The largest absolute Gasteiger partial charge is 0.867 e. The third-order valence-electron chi connectivity index (χ3n) is 4.25. The van der Waals surface area contributed by atoms with Crippen LogP contribution in [0.25, 0.3) is 11.5 Å². The monoisotopic (exact) mass is 412 g/mol. The molecule has 0 radical (unpaired) electrons. The molecule has 0 fully saturated rings. The Morgan fingerprint density at radius 1 is 1.07 bits per heavy atom. The number of pyridine rings is 1. The van der Waals surface area contributed by atoms with Crippen LogP contribution in [0.5, 0.6) is 0 Å². The number of halogens is 1. The van der Waals surface area contributed by atoms with E-state index in [0.717, 1.165) is 5.56 Å². The summed E-state index contributed by atoms with van der Waals surface area (Å²) in [6.07, 6.45) is 3.63. The lowest BCUT2D eigenvalue weighted by Crippen LogP contribution is -2.40. The Labute approximate surface area is 173 Å². The Kier molecular flexibility index (Phi) is 5.91. The third kappa shape index (κ3) is 4.46. The minimum atomic E-state index is -0.430. The van der Waals surface area contributed by atoms with Crippen LogP contribution in [0.15, 0.2) is 66.3 Å². The second-order valence-electron chi connectivity index (χ2n) is 7.33. The van der Waals surface area contributed by atoms with E-state index in [-0.39, 0.29) is 27.5 Å². The number of hydrogen-bond acceptors (Lipinski definition) is 3. The fraction of sp³-hybridized carbons (Fsp3) is 0.182. The van der Waals surface area contributed by atoms with E-state index in [1.165, 1.54) is 17.4 Å². The minimum absolute atomic E-state index is 0.0110. The van der Waals surface area contributed by atoms with Crippen molar-refractivity contribution < 1.29 is 14.1 Å². The Hall–Kier alpha value is -2.57. The van der Waals surface area contributed by atoms with Gasteiger partial charge in [0.2, 0.25) is 5.70 Å². The molecule has 1 aromatic carbocycles. The molecule has 0 aliphatic carbocycles. The molecule has 3 rings (SSSR count). The van der Waals surface area contributed by atoms with Crippen molar-refractivity contribution in [3.8, 4) is 0 Å². The van der Waals surface area contributed by atoms with Crippen molar-refractivity contribution in [3.63, 3.8) is 0 Å². The topological polar surface area (TPSA) is 39.0 Å². The highest BCUT2D eigenvalue weighted by molar-refractivity contribution is 7.81. The zero-order valence-electron chi connectivity index (χ0n) is 15.9. The van der Waals surface area contributed by atoms with Crippen LogP contribution in [0.4, 0.5) is 10.1 Å². The first-order chi connectivity index (χ1) is 13.3. The molecule has 0 saturated heterocycles. The second-order valence-corrected chi connectivity index (χ2v) is 8.69. The molecular weight excluding hydrogens is 391 g/mol. The van der Waals surface area contributed by atoms with E-state index in [2.05, 4.69) is 26.1 Å². The van der Waals surface area contributed by atoms with E-state index < -0.39 is 5.82 Å². The van der Waals surface area contributed by atoms with E-state index in [0.29, 0.717) is 4.88 Å². The molecule has 0 amide bonds. The van der Waals surface area contributed by atoms with Crippen molar-refractivity contribution in [2.75, 3.05) is 5.32 Å². The standard InChI is InChI=1S/C22H21FN2OS2/c1-22(2,3)15-10-12-25(13-11-15)19(20(26)18-9-6-14-28-18)21(27)24-17-8-5-4-7-16(17)23/h4-14H,1-3H3,(H-,24,26,27). The van der Waals surface area contributed by atoms with Crippen molar-refractivity contribution in [2.45, 2.75) is 26.2 Å². The summed E-state index contributed by atoms with van der Waals surface area (Å²) < 4.78 is 15.7. The summed E-state index contributed by atoms with van der Waals surface area (Å²) in [4.78, 5) is 0.733. The predicted octanol–water partition coefficient (Wildman–Crippen LogP) is 4.60. The Bertz CT molecular complexity index is 1000. The molecule has 0 aliphatic heterocycles. The number of thiophene rings is 1. The van der Waals surface area contributed by atoms with Gasteiger partial charge in [0.25, 0.3) is 0 Å². The molecule has 2 aromatic heterocycles. The van der Waals surface area contributed by atoms with Crippen molar-refractivity contribution in [1.29, 1.82) is 0 Å². The van der Waals surface area contributed by atoms with Gasteiger partial charge in [0.15, 0.2) is 17.4 Å². The molecule has 2 heterocycles. The quantitative estimate of drug-likeness (QED) is 0.295. The first kappa shape index (κ1) is 20.2. The molecule has 1 N–H and O–H groups in total. The maximum atomic E-state index is 14.1. The fourth-order valence-corrected chi connectivity index (χ4v) is 3.65. The molecule has 0 spiro atoms. The van der Waals surface area contributed by atoms with Gasteiger partial charge in [0.05, 0.1) is 5.69 Å². The highest BCUT2D eigenvalue weighted by atomic mass is 32.1. The van der Waals surface area contributed by atoms with Gasteiger partial charge in [-0.25, -0.2) is 4.39 Å². The van der Waals surface area contributed by atoms with E-state index >= 15 is 0 Å². The summed E-state index contributed by atoms with van der Waals surface area (Å²) in [5.41, 5.74) is 1.64. The molecule has 3 aromatic rings. The van der Waals surface area contributed by atoms with Crippen molar-refractivity contribution in [3.05, 3.63) is 82.6 Å². The number of aromatic nitrogens is 1. The summed E-state index contributed by atoms with van der Waals surface area (Å²) in [7, 11) is 0. The number of para-hydroxylation sites is 1. The number of thiocarbonyl (C=S) groups is 1. The van der Waals surface area contributed by atoms with E-state index in [9.17, 15) is 9.50 Å². The molecule has 0 bridgehead atoms. The van der Waals surface area contributed by atoms with E-state index in [4.69, 9.17) is 12.2 Å². The van der Waals surface area contributed by atoms with Gasteiger partial charge in [-0.05, 0) is 40.3 Å². The van der Waals surface area contributed by atoms with Gasteiger partial charge in [0.1, 0.15) is 5.82 Å². The van der Waals surface area contributed by atoms with Gasteiger partial charge >= 0.3 is 0 Å². The SMILES string of the molecule is CC(C)(C)c1cc[n+](C(C(=S)Nc2ccccc2F)=C([O-])c2cccs2)cc1. The third-order valence-corrected chi connectivity index (χ3v) is 5.41. The number of hydrogen-bond donors (Lipinski definition) is 1. The lowest BCUT2D eigenvalue weighted by atomic mass is 9.88. The number of nitrogens with one attached hydrogen (secondary N) is 1. The van der Waals surface area contributed by atoms with Gasteiger partial charge in [-0.3, -0.25) is 0 Å². The highest BCUT2D eigenvalue weighted by Crippen LogP contribution is 2.23. The zero-order valence-corrected chi connectivity index (χ0v) is 17.5. The maximum absolute atomic E-state index is 14.1. The molecule has 0 atom stereocenters. The average Bonchev–Trinajstić information content (AvgIpc) is 3.18. The second kappa shape index (κ2) is 8.20. The van der Waals surface area contributed by atoms with Gasteiger partial charge < -0.3 is 10.4 Å². The Balaban J connectivity index is 2.05. The molecule has 144 valence electrons. The molecule has 0 saturated carbocycles. The molecule has 3 nitrogen and oxygen atoms in total. The van der Waals surface area contributed by atoms with Crippen molar-refractivity contribution in [2.24, 2.45) is 0 Å². The van der Waals surface area contributed by atoms with Crippen molar-refractivity contribution >= 4 is 45.7 Å². The van der Waals surface area contributed by atoms with Crippen LogP contribution in [-0.2, 0) is 5.41 Å². The number of nitrogens with zero attached hydrogens (tertiary/aromatic N) is 1. The zero-order chi connectivity index (χ0) is 20.3. The van der Waals surface area contributed by atoms with Crippen molar-refractivity contribution in [1.82, 2.24) is 0 Å². The van der Waals surface area contributed by atoms with Crippen LogP contribution in [0.1, 0.15) is 31.2 Å². The number of rotatable bonds is 4. The van der Waals surface area contributed by atoms with Crippen LogP contribution in [0.2, 0.25) is 0 Å². The number of anilines is 1. The first-order valence-electron chi connectivity index (χ1n) is 8.80. The molecule has 0 unspecified atom stereocenters. The van der Waals surface area contributed by atoms with E-state index in [1.54, 1.807) is 28.8 Å². The summed E-state index contributed by atoms with van der Waals surface area (Å²) in [6.45, 7) is 6.37. The normalized spacial score (nSPS) is 12.4. The van der Waals surface area contributed by atoms with Crippen LogP contribution in [-0.4, -0.2) is 4.99 Å². The Morgan fingerprint density at radius 3 is 2.32 bits per heavy atom. The average molecular weight is 413 g/mol. The lowest BCUT2D eigenvalue weighted by molar-refractivity contribution is -0.577. The molecule has 28 heavy (non-hydrogen) atoms. The van der Waals surface area contributed by atoms with Gasteiger partial charge in [-0.15, -0.1) is 11.3 Å². The summed E-state index contributed by atoms with van der Waals surface area (Å²) in [5.74, 6) is -0.641. The van der Waals surface area contributed by atoms with Crippen LogP contribution >= 0.6 is 23.6 Å². The van der Waals surface area contributed by atoms with Crippen LogP contribution in [0, 0.1) is 5.82 Å². The molecule has 0 aliphatic rings. The summed E-state index contributed by atoms with van der Waals surface area (Å²) in [5, 5.41) is 17.9. The summed E-state index contributed by atoms with van der Waals surface area (Å²) >= 11 is 6.85. The smallest absolute Gasteiger partial charge is 0.239 e. The van der Waals surface area contributed by atoms with Gasteiger partial charge in [-0.2, -0.15) is 4.57 Å². The van der Waals surface area contributed by atoms with Gasteiger partial charge in [-0.1, -0.05) is 51.2 Å². The molecular formula is C22H21FN2OS2. The molecule has 6 heteroatoms.